The molecule has 0 N–H and O–H groups in total. The van der Waals surface area contributed by atoms with Gasteiger partial charge in [-0.3, -0.25) is 4.98 Å². The molecule has 4 aromatic carbocycles. The smallest absolute Gasteiger partial charge is 0.0699 e. The molecule has 0 radical (unpaired) electrons. The van der Waals surface area contributed by atoms with Crippen LogP contribution in [-0.4, -0.2) is 4.98 Å². The molecule has 1 aromatic heterocycles. The normalized spacial score (nSPS) is 10.0. The Kier molecular flexibility index (Phi) is 6.84. The zero-order valence-corrected chi connectivity index (χ0v) is 16.9. The van der Waals surface area contributed by atoms with Gasteiger partial charge in [0.05, 0.1) is 5.52 Å². The Morgan fingerprint density at radius 1 is 0.714 bits per heavy atom. The molecule has 0 saturated carbocycles. The third-order valence-corrected chi connectivity index (χ3v) is 4.69. The van der Waals surface area contributed by atoms with Crippen molar-refractivity contribution in [2.75, 3.05) is 0 Å². The second-order valence-corrected chi connectivity index (χ2v) is 6.63. The van der Waals surface area contributed by atoms with Crippen LogP contribution >= 0.6 is 11.6 Å². The van der Waals surface area contributed by atoms with E-state index in [1.165, 1.54) is 0 Å². The van der Waals surface area contributed by atoms with Crippen molar-refractivity contribution >= 4 is 22.5 Å². The molecule has 5 aromatic rings. The first-order valence-corrected chi connectivity index (χ1v) is 9.23. The molecule has 0 bridgehead atoms. The third-order valence-electron chi connectivity index (χ3n) is 4.37. The Morgan fingerprint density at radius 3 is 2.07 bits per heavy atom. The Morgan fingerprint density at radius 2 is 1.36 bits per heavy atom. The molecule has 0 spiro atoms. The SMILES string of the molecule is Cl[c-]1cc(-c2ccc3ccccc3n2)cc1-c1ccccc1.[Fe].[cH-]1[cH-][cH-][cH-][cH-]1. The molecule has 0 saturated heterocycles. The van der Waals surface area contributed by atoms with Gasteiger partial charge in [-0.2, -0.15) is 6.07 Å². The van der Waals surface area contributed by atoms with E-state index in [-0.39, 0.29) is 17.1 Å². The molecule has 3 heteroatoms. The van der Waals surface area contributed by atoms with Crippen LogP contribution in [0.2, 0.25) is 5.02 Å². The number of rotatable bonds is 2. The van der Waals surface area contributed by atoms with E-state index in [2.05, 4.69) is 30.3 Å². The minimum Gasteiger partial charge on any atom is -0.748 e. The molecule has 0 fully saturated rings. The number of aromatic nitrogens is 1. The quantitative estimate of drug-likeness (QED) is 0.214. The van der Waals surface area contributed by atoms with Gasteiger partial charge in [-0.25, -0.2) is 0 Å². The molecule has 0 atom stereocenters. The van der Waals surface area contributed by atoms with Gasteiger partial charge >= 0.3 is 0 Å². The summed E-state index contributed by atoms with van der Waals surface area (Å²) in [5.41, 5.74) is 5.17. The number of para-hydroxylation sites is 1. The number of nitrogens with zero attached hydrogens (tertiary/aromatic N) is 1. The number of pyridine rings is 1. The average Bonchev–Trinajstić information content (AvgIpc) is 3.42. The van der Waals surface area contributed by atoms with Crippen LogP contribution in [0.3, 0.4) is 0 Å². The van der Waals surface area contributed by atoms with Gasteiger partial charge in [0.1, 0.15) is 0 Å². The van der Waals surface area contributed by atoms with E-state index in [0.717, 1.165) is 38.3 Å². The number of hydrogen-bond acceptors (Lipinski definition) is 1. The van der Waals surface area contributed by atoms with Crippen molar-refractivity contribution < 1.29 is 17.1 Å². The summed E-state index contributed by atoms with van der Waals surface area (Å²) >= 11 is 6.42. The first kappa shape index (κ1) is 20.1. The Hall–Kier alpha value is -2.64. The second kappa shape index (κ2) is 9.52. The number of benzene rings is 2. The van der Waals surface area contributed by atoms with Crippen LogP contribution < -0.4 is 0 Å². The Balaban J connectivity index is 0.000000329. The van der Waals surface area contributed by atoms with Crippen LogP contribution in [0.4, 0.5) is 0 Å². The number of halogens is 1. The zero-order chi connectivity index (χ0) is 18.5. The minimum atomic E-state index is 0. The maximum atomic E-state index is 6.42. The first-order valence-electron chi connectivity index (χ1n) is 8.86. The zero-order valence-electron chi connectivity index (χ0n) is 15.1. The van der Waals surface area contributed by atoms with Crippen LogP contribution in [0.15, 0.2) is 109 Å². The maximum absolute atomic E-state index is 6.42. The van der Waals surface area contributed by atoms with Crippen LogP contribution in [0.25, 0.3) is 33.3 Å². The minimum absolute atomic E-state index is 0. The van der Waals surface area contributed by atoms with Crippen molar-refractivity contribution in [2.24, 2.45) is 0 Å². The summed E-state index contributed by atoms with van der Waals surface area (Å²) in [5.74, 6) is 0. The molecule has 144 valence electrons. The van der Waals surface area contributed by atoms with Gasteiger partial charge in [0.15, 0.2) is 0 Å². The fourth-order valence-electron chi connectivity index (χ4n) is 3.01. The van der Waals surface area contributed by atoms with Crippen molar-refractivity contribution in [2.45, 2.75) is 0 Å². The van der Waals surface area contributed by atoms with E-state index in [0.29, 0.717) is 0 Å². The molecule has 0 unspecified atom stereocenters. The largest absolute Gasteiger partial charge is 0.748 e. The molecule has 0 aliphatic carbocycles. The van der Waals surface area contributed by atoms with E-state index < -0.39 is 0 Å². The van der Waals surface area contributed by atoms with E-state index in [4.69, 9.17) is 16.6 Å². The van der Waals surface area contributed by atoms with Gasteiger partial charge in [-0.05, 0) is 17.2 Å². The van der Waals surface area contributed by atoms with Crippen LogP contribution in [-0.2, 0) is 17.1 Å². The van der Waals surface area contributed by atoms with Gasteiger partial charge in [0.25, 0.3) is 0 Å². The Bertz CT molecular complexity index is 1110. The van der Waals surface area contributed by atoms with Crippen molar-refractivity contribution in [3.8, 4) is 22.4 Å². The predicted molar refractivity (Wildman–Crippen MR) is 115 cm³/mol. The van der Waals surface area contributed by atoms with E-state index in [1.54, 1.807) is 0 Å². The van der Waals surface area contributed by atoms with Crippen molar-refractivity contribution in [3.05, 3.63) is 114 Å². The van der Waals surface area contributed by atoms with Crippen LogP contribution in [0.5, 0.6) is 0 Å². The summed E-state index contributed by atoms with van der Waals surface area (Å²) in [5, 5.41) is 1.91. The molecular weight excluding hydrogens is 406 g/mol. The van der Waals surface area contributed by atoms with E-state index in [9.17, 15) is 0 Å². The average molecular weight is 424 g/mol. The molecule has 1 nitrogen and oxygen atoms in total. The molecule has 0 amide bonds. The summed E-state index contributed by atoms with van der Waals surface area (Å²) in [6.07, 6.45) is 0. The molecule has 28 heavy (non-hydrogen) atoms. The van der Waals surface area contributed by atoms with Crippen molar-refractivity contribution in [1.82, 2.24) is 4.98 Å². The predicted octanol–water partition coefficient (Wildman–Crippen LogP) is 7.34. The van der Waals surface area contributed by atoms with Crippen LogP contribution in [0, 0.1) is 0 Å². The van der Waals surface area contributed by atoms with Gasteiger partial charge in [0.2, 0.25) is 0 Å². The van der Waals surface area contributed by atoms with Crippen LogP contribution in [0.1, 0.15) is 0 Å². The van der Waals surface area contributed by atoms with Crippen molar-refractivity contribution in [1.29, 1.82) is 0 Å². The number of fused-ring (bicyclic) bond motifs is 1. The third kappa shape index (κ3) is 4.60. The fourth-order valence-corrected chi connectivity index (χ4v) is 3.30. The molecule has 0 aliphatic heterocycles. The van der Waals surface area contributed by atoms with Gasteiger partial charge in [-0.1, -0.05) is 60.2 Å². The second-order valence-electron chi connectivity index (χ2n) is 6.22. The molecular formula is C25H18ClFeN-6. The summed E-state index contributed by atoms with van der Waals surface area (Å²) in [6.45, 7) is 0. The first-order chi connectivity index (χ1) is 13.3. The van der Waals surface area contributed by atoms with E-state index >= 15 is 0 Å². The van der Waals surface area contributed by atoms with Gasteiger partial charge < -0.3 is 30.3 Å². The van der Waals surface area contributed by atoms with Gasteiger partial charge in [0, 0.05) is 28.1 Å². The maximum Gasteiger partial charge on any atom is 0.0699 e. The standard InChI is InChI=1S/C20H13ClN.C5H5.Fe/c21-18-13-16(12-17(18)14-6-2-1-3-7-14)20-11-10-15-8-4-5-9-19(15)22-20;1-2-4-5-3-1;/h1-13H;1-5H;/q-1;-5;. The summed E-state index contributed by atoms with van der Waals surface area (Å²) < 4.78 is 0. The van der Waals surface area contributed by atoms with E-state index in [1.807, 2.05) is 78.9 Å². The van der Waals surface area contributed by atoms with Crippen molar-refractivity contribution in [3.63, 3.8) is 0 Å². The van der Waals surface area contributed by atoms with Gasteiger partial charge in [-0.15, -0.1) is 28.8 Å². The summed E-state index contributed by atoms with van der Waals surface area (Å²) in [4.78, 5) is 4.73. The monoisotopic (exact) mass is 423 g/mol. The molecule has 1 heterocycles. The number of hydrogen-bond donors (Lipinski definition) is 0. The Labute approximate surface area is 180 Å². The summed E-state index contributed by atoms with van der Waals surface area (Å²) in [7, 11) is 0. The molecule has 5 rings (SSSR count). The fraction of sp³-hybridized carbons (Fsp3) is 0. The topological polar surface area (TPSA) is 12.9 Å². The summed E-state index contributed by atoms with van der Waals surface area (Å²) in [6, 6.07) is 36.5. The molecule has 0 aliphatic rings.